The second-order valence-electron chi connectivity index (χ2n) is 5.65. The van der Waals surface area contributed by atoms with Gasteiger partial charge < -0.3 is 9.94 Å². The molecule has 26 heavy (non-hydrogen) atoms. The van der Waals surface area contributed by atoms with Crippen LogP contribution in [0.1, 0.15) is 23.7 Å². The number of oxime groups is 1. The second kappa shape index (κ2) is 7.30. The van der Waals surface area contributed by atoms with Gasteiger partial charge in [-0.25, -0.2) is 9.79 Å². The number of aromatic nitrogens is 2. The van der Waals surface area contributed by atoms with E-state index in [1.54, 1.807) is 11.7 Å². The van der Waals surface area contributed by atoms with E-state index in [1.807, 2.05) is 37.3 Å². The molecule has 134 valence electrons. The van der Waals surface area contributed by atoms with Crippen LogP contribution in [0.3, 0.4) is 0 Å². The molecule has 0 atom stereocenters. The minimum absolute atomic E-state index is 0.0799. The summed E-state index contributed by atoms with van der Waals surface area (Å²) in [5, 5.41) is 16.8. The monoisotopic (exact) mass is 353 g/mol. The molecule has 2 aromatic rings. The molecule has 0 spiro atoms. The van der Waals surface area contributed by atoms with Gasteiger partial charge >= 0.3 is 5.97 Å². The molecule has 2 heterocycles. The maximum atomic E-state index is 11.9. The van der Waals surface area contributed by atoms with E-state index in [4.69, 9.17) is 0 Å². The molecule has 1 aromatic carbocycles. The Bertz CT molecular complexity index is 926. The molecule has 1 N–H and O–H groups in total. The fourth-order valence-electron chi connectivity index (χ4n) is 2.86. The van der Waals surface area contributed by atoms with Crippen molar-refractivity contribution in [1.29, 1.82) is 0 Å². The van der Waals surface area contributed by atoms with E-state index in [-0.39, 0.29) is 18.0 Å². The van der Waals surface area contributed by atoms with Crippen molar-refractivity contribution in [3.63, 3.8) is 0 Å². The Morgan fingerprint density at radius 1 is 1.35 bits per heavy atom. The molecule has 0 aliphatic carbocycles. The van der Waals surface area contributed by atoms with E-state index in [0.29, 0.717) is 12.2 Å². The van der Waals surface area contributed by atoms with E-state index in [9.17, 15) is 10.0 Å². The average molecular weight is 353 g/mol. The summed E-state index contributed by atoms with van der Waals surface area (Å²) >= 11 is 0. The molecular formula is C18H19N5O3. The van der Waals surface area contributed by atoms with Crippen LogP contribution in [-0.2, 0) is 23.0 Å². The van der Waals surface area contributed by atoms with Gasteiger partial charge in [0.05, 0.1) is 30.6 Å². The van der Waals surface area contributed by atoms with E-state index in [1.165, 1.54) is 7.11 Å². The summed E-state index contributed by atoms with van der Waals surface area (Å²) in [5.41, 5.74) is 3.29. The zero-order valence-electron chi connectivity index (χ0n) is 14.8. The normalized spacial score (nSPS) is 14.2. The first-order chi connectivity index (χ1) is 12.6. The lowest BCUT2D eigenvalue weighted by atomic mass is 10.0. The number of carbonyl (C=O) groups is 1. The van der Waals surface area contributed by atoms with Crippen LogP contribution < -0.4 is 0 Å². The number of benzene rings is 1. The number of methoxy groups -OCH3 is 1. The lowest BCUT2D eigenvalue weighted by Gasteiger charge is -2.06. The first-order valence-electron chi connectivity index (χ1n) is 8.15. The molecule has 8 heteroatoms. The number of ether oxygens (including phenoxy) is 1. The van der Waals surface area contributed by atoms with Gasteiger partial charge in [-0.1, -0.05) is 42.4 Å². The Kier molecular flexibility index (Phi) is 4.92. The van der Waals surface area contributed by atoms with Crippen LogP contribution in [0.15, 0.2) is 45.5 Å². The molecule has 8 nitrogen and oxygen atoms in total. The minimum Gasteiger partial charge on any atom is -0.464 e. The molecule has 0 unspecified atom stereocenters. The summed E-state index contributed by atoms with van der Waals surface area (Å²) in [6.07, 6.45) is 0.706. The van der Waals surface area contributed by atoms with Gasteiger partial charge in [-0.15, -0.1) is 0 Å². The zero-order chi connectivity index (χ0) is 18.7. The first kappa shape index (κ1) is 17.5. The summed E-state index contributed by atoms with van der Waals surface area (Å²) in [6, 6.07) is 9.71. The van der Waals surface area contributed by atoms with E-state index < -0.39 is 5.97 Å². The third-order valence-electron chi connectivity index (χ3n) is 4.09. The van der Waals surface area contributed by atoms with Crippen LogP contribution in [0.5, 0.6) is 0 Å². The van der Waals surface area contributed by atoms with Crippen molar-refractivity contribution in [3.8, 4) is 0 Å². The second-order valence-corrected chi connectivity index (χ2v) is 5.65. The van der Waals surface area contributed by atoms with Gasteiger partial charge in [-0.2, -0.15) is 5.10 Å². The quantitative estimate of drug-likeness (QED) is 0.392. The molecule has 0 radical (unpaired) electrons. The van der Waals surface area contributed by atoms with Crippen molar-refractivity contribution in [1.82, 2.24) is 9.78 Å². The average Bonchev–Trinajstić information content (AvgIpc) is 2.86. The number of aliphatic imine (C=N–C) groups is 2. The highest BCUT2D eigenvalue weighted by atomic mass is 16.5. The number of fused-ring (bicyclic) bond motifs is 1. The van der Waals surface area contributed by atoms with Crippen molar-refractivity contribution in [3.05, 3.63) is 47.2 Å². The molecule has 0 amide bonds. The summed E-state index contributed by atoms with van der Waals surface area (Å²) in [7, 11) is 3.00. The molecule has 1 aliphatic heterocycles. The third-order valence-corrected chi connectivity index (χ3v) is 4.09. The fourth-order valence-corrected chi connectivity index (χ4v) is 2.86. The van der Waals surface area contributed by atoms with E-state index in [2.05, 4.69) is 25.0 Å². The molecule has 0 fully saturated rings. The Morgan fingerprint density at radius 2 is 2.08 bits per heavy atom. The molecule has 3 rings (SSSR count). The maximum absolute atomic E-state index is 11.9. The number of esters is 1. The topological polar surface area (TPSA) is 101 Å². The summed E-state index contributed by atoms with van der Waals surface area (Å²) in [4.78, 5) is 21.1. The highest BCUT2D eigenvalue weighted by Gasteiger charge is 2.27. The molecule has 0 saturated heterocycles. The van der Waals surface area contributed by atoms with E-state index in [0.717, 1.165) is 22.5 Å². The Balaban J connectivity index is 2.22. The number of hydrogen-bond donors (Lipinski definition) is 1. The smallest absolute Gasteiger partial charge is 0.362 e. The molecular weight excluding hydrogens is 334 g/mol. The molecule has 1 aromatic heterocycles. The highest BCUT2D eigenvalue weighted by Crippen LogP contribution is 2.29. The number of carbonyl (C=O) groups excluding carboxylic acids is 1. The molecule has 1 aliphatic rings. The maximum Gasteiger partial charge on any atom is 0.362 e. The Hall–Kier alpha value is -3.29. The van der Waals surface area contributed by atoms with Crippen LogP contribution in [0.2, 0.25) is 0 Å². The number of nitrogens with zero attached hydrogens (tertiary/aromatic N) is 5. The van der Waals surface area contributed by atoms with Gasteiger partial charge in [0, 0.05) is 12.6 Å². The minimum atomic E-state index is -0.774. The Labute approximate surface area is 150 Å². The predicted octanol–water partition coefficient (Wildman–Crippen LogP) is 1.91. The largest absolute Gasteiger partial charge is 0.464 e. The standard InChI is InChI=1S/C18H19N5O3/c1-4-12-14-15(11-8-6-5-7-9-11)19-10-13(16(22-25)18(24)26-3)20-17(14)23(2)21-12/h5-9,25H,4,10H2,1-3H3/b22-16-. The lowest BCUT2D eigenvalue weighted by Crippen LogP contribution is -2.27. The highest BCUT2D eigenvalue weighted by molar-refractivity contribution is 6.66. The fraction of sp³-hybridized carbons (Fsp3) is 0.278. The number of aryl methyl sites for hydroxylation is 2. The van der Waals surface area contributed by atoms with Crippen LogP contribution in [0.4, 0.5) is 5.82 Å². The number of hydrogen-bond acceptors (Lipinski definition) is 7. The van der Waals surface area contributed by atoms with Gasteiger partial charge in [-0.05, 0) is 6.42 Å². The van der Waals surface area contributed by atoms with Crippen LogP contribution in [0.25, 0.3) is 0 Å². The summed E-state index contributed by atoms with van der Waals surface area (Å²) < 4.78 is 6.31. The van der Waals surface area contributed by atoms with Crippen LogP contribution >= 0.6 is 0 Å². The zero-order valence-corrected chi connectivity index (χ0v) is 14.8. The summed E-state index contributed by atoms with van der Waals surface area (Å²) in [6.45, 7) is 2.09. The first-order valence-corrected chi connectivity index (χ1v) is 8.15. The van der Waals surface area contributed by atoms with Gasteiger partial charge in [0.1, 0.15) is 5.71 Å². The van der Waals surface area contributed by atoms with Crippen molar-refractivity contribution in [2.45, 2.75) is 13.3 Å². The molecule has 0 bridgehead atoms. The van der Waals surface area contributed by atoms with Crippen LogP contribution in [-0.4, -0.2) is 51.7 Å². The summed E-state index contributed by atoms with van der Waals surface area (Å²) in [5.74, 6) is -0.217. The van der Waals surface area contributed by atoms with Crippen molar-refractivity contribution in [2.24, 2.45) is 22.2 Å². The van der Waals surface area contributed by atoms with Crippen molar-refractivity contribution in [2.75, 3.05) is 13.7 Å². The predicted molar refractivity (Wildman–Crippen MR) is 97.9 cm³/mol. The van der Waals surface area contributed by atoms with Gasteiger partial charge in [0.2, 0.25) is 5.71 Å². The van der Waals surface area contributed by atoms with Crippen molar-refractivity contribution >= 4 is 28.9 Å². The number of rotatable bonds is 4. The third kappa shape index (κ3) is 3.01. The van der Waals surface area contributed by atoms with Crippen molar-refractivity contribution < 1.29 is 14.7 Å². The van der Waals surface area contributed by atoms with E-state index >= 15 is 0 Å². The SMILES string of the molecule is CCc1nn(C)c2c1C(c1ccccc1)=NCC(/C(=N/O)C(=O)OC)=N2. The van der Waals surface area contributed by atoms with Gasteiger partial charge in [0.25, 0.3) is 0 Å². The van der Waals surface area contributed by atoms with Gasteiger partial charge in [0.15, 0.2) is 5.82 Å². The Morgan fingerprint density at radius 3 is 2.69 bits per heavy atom. The lowest BCUT2D eigenvalue weighted by molar-refractivity contribution is -0.132. The molecule has 0 saturated carbocycles. The van der Waals surface area contributed by atoms with Gasteiger partial charge in [-0.3, -0.25) is 9.67 Å². The van der Waals surface area contributed by atoms with Crippen LogP contribution in [0, 0.1) is 0 Å².